The average molecular weight is 344 g/mol. The van der Waals surface area contributed by atoms with E-state index in [1.807, 2.05) is 55.8 Å². The molecule has 1 aliphatic rings. The zero-order valence-electron chi connectivity index (χ0n) is 14.8. The Bertz CT molecular complexity index is 759. The average Bonchev–Trinajstić information content (AvgIpc) is 2.94. The topological polar surface area (TPSA) is 79.6 Å². The number of aromatic nitrogens is 2. The molecule has 7 nitrogen and oxygen atoms in total. The number of carbonyl (C=O) groups is 1. The van der Waals surface area contributed by atoms with E-state index in [0.29, 0.717) is 18.8 Å². The standard InChI is InChI=1S/C18H24N4O3/c1-12-8-13(2)22(20-12)17-7-5-4-6-16(17)19-18(24)21-9-15(10-23)25-11-14(21)3/h4-8,14-15,23H,9-11H2,1-3H3,(H,19,24)/t14-,15-/m0/s1. The smallest absolute Gasteiger partial charge is 0.322 e. The number of anilines is 1. The number of aryl methyl sites for hydroxylation is 2. The van der Waals surface area contributed by atoms with E-state index >= 15 is 0 Å². The van der Waals surface area contributed by atoms with E-state index in [2.05, 4.69) is 10.4 Å². The molecule has 0 unspecified atom stereocenters. The Balaban J connectivity index is 1.83. The zero-order chi connectivity index (χ0) is 18.0. The lowest BCUT2D eigenvalue weighted by Crippen LogP contribution is -2.53. The molecule has 0 radical (unpaired) electrons. The summed E-state index contributed by atoms with van der Waals surface area (Å²) in [6.07, 6.45) is -0.340. The van der Waals surface area contributed by atoms with Gasteiger partial charge in [0.1, 0.15) is 0 Å². The summed E-state index contributed by atoms with van der Waals surface area (Å²) >= 11 is 0. The van der Waals surface area contributed by atoms with Gasteiger partial charge in [-0.25, -0.2) is 9.48 Å². The largest absolute Gasteiger partial charge is 0.394 e. The lowest BCUT2D eigenvalue weighted by molar-refractivity contribution is -0.0611. The molecule has 1 aromatic carbocycles. The third-order valence-electron chi connectivity index (χ3n) is 4.35. The highest BCUT2D eigenvalue weighted by Gasteiger charge is 2.29. The Morgan fingerprint density at radius 2 is 2.16 bits per heavy atom. The van der Waals surface area contributed by atoms with Gasteiger partial charge in [-0.2, -0.15) is 5.10 Å². The Hall–Kier alpha value is -2.38. The van der Waals surface area contributed by atoms with Crippen LogP contribution in [0.25, 0.3) is 5.69 Å². The van der Waals surface area contributed by atoms with Crippen LogP contribution >= 0.6 is 0 Å². The highest BCUT2D eigenvalue weighted by molar-refractivity contribution is 5.91. The number of nitrogens with zero attached hydrogens (tertiary/aromatic N) is 3. The number of para-hydroxylation sites is 2. The Morgan fingerprint density at radius 3 is 2.84 bits per heavy atom. The number of hydrogen-bond donors (Lipinski definition) is 2. The lowest BCUT2D eigenvalue weighted by atomic mass is 10.2. The molecule has 2 N–H and O–H groups in total. The van der Waals surface area contributed by atoms with Crippen molar-refractivity contribution >= 4 is 11.7 Å². The van der Waals surface area contributed by atoms with Crippen LogP contribution in [0.3, 0.4) is 0 Å². The number of morpholine rings is 1. The van der Waals surface area contributed by atoms with E-state index in [4.69, 9.17) is 4.74 Å². The fraction of sp³-hybridized carbons (Fsp3) is 0.444. The summed E-state index contributed by atoms with van der Waals surface area (Å²) in [7, 11) is 0. The molecule has 7 heteroatoms. The number of urea groups is 1. The van der Waals surface area contributed by atoms with Gasteiger partial charge in [-0.15, -0.1) is 0 Å². The van der Waals surface area contributed by atoms with Gasteiger partial charge in [0.05, 0.1) is 49.0 Å². The predicted molar refractivity (Wildman–Crippen MR) is 95.1 cm³/mol. The minimum atomic E-state index is -0.340. The maximum Gasteiger partial charge on any atom is 0.322 e. The van der Waals surface area contributed by atoms with E-state index in [9.17, 15) is 9.90 Å². The molecule has 134 valence electrons. The third-order valence-corrected chi connectivity index (χ3v) is 4.35. The van der Waals surface area contributed by atoms with Gasteiger partial charge in [0.15, 0.2) is 0 Å². The zero-order valence-corrected chi connectivity index (χ0v) is 14.8. The fourth-order valence-electron chi connectivity index (χ4n) is 3.03. The first-order valence-corrected chi connectivity index (χ1v) is 8.42. The molecule has 0 aliphatic carbocycles. The van der Waals surface area contributed by atoms with Crippen molar-refractivity contribution in [1.29, 1.82) is 0 Å². The molecule has 0 saturated carbocycles. The number of benzene rings is 1. The number of amides is 2. The van der Waals surface area contributed by atoms with Crippen LogP contribution in [-0.2, 0) is 4.74 Å². The van der Waals surface area contributed by atoms with Crippen molar-refractivity contribution < 1.29 is 14.6 Å². The van der Waals surface area contributed by atoms with E-state index in [-0.39, 0.29) is 24.8 Å². The van der Waals surface area contributed by atoms with Crippen molar-refractivity contribution in [3.8, 4) is 5.69 Å². The van der Waals surface area contributed by atoms with Crippen LogP contribution < -0.4 is 5.32 Å². The molecule has 2 aromatic rings. The number of aliphatic hydroxyl groups excluding tert-OH is 1. The van der Waals surface area contributed by atoms with Crippen LogP contribution in [0.2, 0.25) is 0 Å². The molecule has 2 heterocycles. The minimum absolute atomic E-state index is 0.0522. The van der Waals surface area contributed by atoms with Gasteiger partial charge in [0, 0.05) is 5.69 Å². The van der Waals surface area contributed by atoms with E-state index in [1.165, 1.54) is 0 Å². The lowest BCUT2D eigenvalue weighted by Gasteiger charge is -2.37. The number of aliphatic hydroxyl groups is 1. The molecule has 3 rings (SSSR count). The second kappa shape index (κ2) is 7.25. The van der Waals surface area contributed by atoms with Crippen LogP contribution in [0.4, 0.5) is 10.5 Å². The number of nitrogens with one attached hydrogen (secondary N) is 1. The molecule has 0 bridgehead atoms. The maximum absolute atomic E-state index is 12.8. The number of rotatable bonds is 3. The third kappa shape index (κ3) is 3.67. The quantitative estimate of drug-likeness (QED) is 0.894. The summed E-state index contributed by atoms with van der Waals surface area (Å²) in [5, 5.41) is 16.8. The van der Waals surface area contributed by atoms with Crippen molar-refractivity contribution in [2.75, 3.05) is 25.1 Å². The maximum atomic E-state index is 12.8. The molecule has 2 atom stereocenters. The van der Waals surface area contributed by atoms with Crippen molar-refractivity contribution in [3.63, 3.8) is 0 Å². The normalized spacial score (nSPS) is 20.6. The summed E-state index contributed by atoms with van der Waals surface area (Å²) in [6, 6.07) is 9.32. The summed E-state index contributed by atoms with van der Waals surface area (Å²) < 4.78 is 7.32. The summed E-state index contributed by atoms with van der Waals surface area (Å²) in [4.78, 5) is 14.5. The molecule has 25 heavy (non-hydrogen) atoms. The second-order valence-electron chi connectivity index (χ2n) is 6.43. The first-order valence-electron chi connectivity index (χ1n) is 8.42. The van der Waals surface area contributed by atoms with E-state index < -0.39 is 0 Å². The van der Waals surface area contributed by atoms with Gasteiger partial charge in [0.25, 0.3) is 0 Å². The number of ether oxygens (including phenoxy) is 1. The van der Waals surface area contributed by atoms with Crippen molar-refractivity contribution in [2.24, 2.45) is 0 Å². The van der Waals surface area contributed by atoms with Crippen LogP contribution in [0.5, 0.6) is 0 Å². The Labute approximate surface area is 147 Å². The first kappa shape index (κ1) is 17.4. The van der Waals surface area contributed by atoms with Crippen LogP contribution in [0, 0.1) is 13.8 Å². The van der Waals surface area contributed by atoms with Gasteiger partial charge < -0.3 is 20.1 Å². The van der Waals surface area contributed by atoms with Crippen LogP contribution in [0.15, 0.2) is 30.3 Å². The minimum Gasteiger partial charge on any atom is -0.394 e. The fourth-order valence-corrected chi connectivity index (χ4v) is 3.03. The van der Waals surface area contributed by atoms with E-state index in [0.717, 1.165) is 17.1 Å². The molecule has 1 aromatic heterocycles. The van der Waals surface area contributed by atoms with E-state index in [1.54, 1.807) is 4.90 Å². The second-order valence-corrected chi connectivity index (χ2v) is 6.43. The van der Waals surface area contributed by atoms with Gasteiger partial charge in [-0.1, -0.05) is 12.1 Å². The molecule has 1 fully saturated rings. The van der Waals surface area contributed by atoms with Crippen LogP contribution in [0.1, 0.15) is 18.3 Å². The number of hydrogen-bond acceptors (Lipinski definition) is 4. The van der Waals surface area contributed by atoms with Crippen molar-refractivity contribution in [2.45, 2.75) is 32.9 Å². The monoisotopic (exact) mass is 344 g/mol. The molecule has 1 saturated heterocycles. The van der Waals surface area contributed by atoms with Crippen molar-refractivity contribution in [1.82, 2.24) is 14.7 Å². The Morgan fingerprint density at radius 1 is 1.40 bits per heavy atom. The van der Waals surface area contributed by atoms with Crippen LogP contribution in [-0.4, -0.2) is 57.7 Å². The van der Waals surface area contributed by atoms with Gasteiger partial charge in [0.2, 0.25) is 0 Å². The van der Waals surface area contributed by atoms with Crippen molar-refractivity contribution in [3.05, 3.63) is 41.7 Å². The first-order chi connectivity index (χ1) is 12.0. The SMILES string of the molecule is Cc1cc(C)n(-c2ccccc2NC(=O)N2C[C@@H](CO)OC[C@@H]2C)n1. The molecule has 0 spiro atoms. The van der Waals surface area contributed by atoms with Gasteiger partial charge in [-0.3, -0.25) is 0 Å². The van der Waals surface area contributed by atoms with Gasteiger partial charge >= 0.3 is 6.03 Å². The molecular weight excluding hydrogens is 320 g/mol. The van der Waals surface area contributed by atoms with Gasteiger partial charge in [-0.05, 0) is 39.0 Å². The summed E-state index contributed by atoms with van der Waals surface area (Å²) in [6.45, 7) is 6.53. The summed E-state index contributed by atoms with van der Waals surface area (Å²) in [5.41, 5.74) is 3.43. The highest BCUT2D eigenvalue weighted by Crippen LogP contribution is 2.23. The molecule has 2 amide bonds. The Kier molecular flexibility index (Phi) is 5.06. The molecular formula is C18H24N4O3. The number of carbonyl (C=O) groups excluding carboxylic acids is 1. The highest BCUT2D eigenvalue weighted by atomic mass is 16.5. The summed E-state index contributed by atoms with van der Waals surface area (Å²) in [5.74, 6) is 0. The predicted octanol–water partition coefficient (Wildman–Crippen LogP) is 2.10. The molecule has 1 aliphatic heterocycles.